The lowest BCUT2D eigenvalue weighted by atomic mass is 10.1. The van der Waals surface area contributed by atoms with Crippen molar-refractivity contribution < 1.29 is 0 Å². The Morgan fingerprint density at radius 1 is 1.22 bits per heavy atom. The maximum absolute atomic E-state index is 5.27. The first kappa shape index (κ1) is 12.8. The summed E-state index contributed by atoms with van der Waals surface area (Å²) in [5, 5.41) is 3.22. The number of rotatable bonds is 3. The van der Waals surface area contributed by atoms with Crippen molar-refractivity contribution >= 4 is 33.4 Å². The van der Waals surface area contributed by atoms with Crippen LogP contribution in [0.2, 0.25) is 0 Å². The predicted molar refractivity (Wildman–Crippen MR) is 76.7 cm³/mol. The highest BCUT2D eigenvalue weighted by Gasteiger charge is 2.04. The van der Waals surface area contributed by atoms with Gasteiger partial charge >= 0.3 is 0 Å². The Labute approximate surface area is 114 Å². The number of halogens is 1. The highest BCUT2D eigenvalue weighted by molar-refractivity contribution is 9.10. The lowest BCUT2D eigenvalue weighted by Gasteiger charge is -2.10. The van der Waals surface area contributed by atoms with Crippen LogP contribution < -0.4 is 16.6 Å². The zero-order valence-electron chi connectivity index (χ0n) is 10.2. The zero-order valence-corrected chi connectivity index (χ0v) is 11.7. The van der Waals surface area contributed by atoms with Crippen molar-refractivity contribution in [3.05, 3.63) is 40.0 Å². The first-order valence-electron chi connectivity index (χ1n) is 5.43. The molecule has 2 aromatic rings. The van der Waals surface area contributed by atoms with E-state index in [0.29, 0.717) is 11.8 Å². The number of hydrogen-bond donors (Lipinski definition) is 3. The SMILES string of the molecule is Cc1cc(Nc2ccnc(NN)n2)cc(C)c1Br. The second kappa shape index (κ2) is 5.32. The van der Waals surface area contributed by atoms with E-state index in [9.17, 15) is 0 Å². The molecule has 1 aromatic carbocycles. The second-order valence-electron chi connectivity index (χ2n) is 3.96. The Morgan fingerprint density at radius 2 is 1.89 bits per heavy atom. The minimum atomic E-state index is 0.380. The fraction of sp³-hybridized carbons (Fsp3) is 0.167. The molecule has 0 bridgehead atoms. The first-order valence-corrected chi connectivity index (χ1v) is 6.23. The summed E-state index contributed by atoms with van der Waals surface area (Å²) in [6, 6.07) is 5.89. The zero-order chi connectivity index (χ0) is 13.1. The quantitative estimate of drug-likeness (QED) is 0.600. The lowest BCUT2D eigenvalue weighted by Crippen LogP contribution is -2.10. The molecule has 0 spiro atoms. The lowest BCUT2D eigenvalue weighted by molar-refractivity contribution is 1.12. The summed E-state index contributed by atoms with van der Waals surface area (Å²) in [5.74, 6) is 6.34. The van der Waals surface area contributed by atoms with Crippen molar-refractivity contribution in [2.75, 3.05) is 10.7 Å². The number of aryl methyl sites for hydroxylation is 2. The van der Waals surface area contributed by atoms with E-state index in [1.54, 1.807) is 12.3 Å². The minimum absolute atomic E-state index is 0.380. The molecular formula is C12H14BrN5. The van der Waals surface area contributed by atoms with E-state index in [-0.39, 0.29) is 0 Å². The van der Waals surface area contributed by atoms with Gasteiger partial charge in [-0.25, -0.2) is 10.8 Å². The van der Waals surface area contributed by atoms with Crippen molar-refractivity contribution in [1.82, 2.24) is 9.97 Å². The molecule has 2 rings (SSSR count). The van der Waals surface area contributed by atoms with Crippen LogP contribution in [0.1, 0.15) is 11.1 Å². The van der Waals surface area contributed by atoms with Crippen LogP contribution in [-0.2, 0) is 0 Å². The maximum Gasteiger partial charge on any atom is 0.239 e. The molecule has 0 fully saturated rings. The van der Waals surface area contributed by atoms with Crippen LogP contribution in [0.5, 0.6) is 0 Å². The fourth-order valence-electron chi connectivity index (χ4n) is 1.66. The van der Waals surface area contributed by atoms with E-state index in [1.165, 1.54) is 11.1 Å². The summed E-state index contributed by atoms with van der Waals surface area (Å²) < 4.78 is 1.13. The highest BCUT2D eigenvalue weighted by Crippen LogP contribution is 2.26. The van der Waals surface area contributed by atoms with Gasteiger partial charge in [-0.1, -0.05) is 15.9 Å². The van der Waals surface area contributed by atoms with E-state index >= 15 is 0 Å². The van der Waals surface area contributed by atoms with Crippen molar-refractivity contribution in [2.24, 2.45) is 5.84 Å². The van der Waals surface area contributed by atoms with E-state index in [0.717, 1.165) is 10.2 Å². The third-order valence-electron chi connectivity index (χ3n) is 2.49. The summed E-state index contributed by atoms with van der Waals surface area (Å²) in [5.41, 5.74) is 5.74. The normalized spacial score (nSPS) is 10.2. The molecule has 0 amide bonds. The molecule has 1 aromatic heterocycles. The van der Waals surface area contributed by atoms with Crippen molar-refractivity contribution in [3.63, 3.8) is 0 Å². The number of anilines is 3. The third kappa shape index (κ3) is 2.77. The Morgan fingerprint density at radius 3 is 2.50 bits per heavy atom. The molecule has 18 heavy (non-hydrogen) atoms. The molecule has 0 aliphatic carbocycles. The van der Waals surface area contributed by atoms with E-state index in [2.05, 4.69) is 62.6 Å². The van der Waals surface area contributed by atoms with Crippen LogP contribution in [0.25, 0.3) is 0 Å². The highest BCUT2D eigenvalue weighted by atomic mass is 79.9. The molecule has 94 valence electrons. The van der Waals surface area contributed by atoms with Crippen LogP contribution in [-0.4, -0.2) is 9.97 Å². The number of nitrogens with zero attached hydrogens (tertiary/aromatic N) is 2. The summed E-state index contributed by atoms with van der Waals surface area (Å²) in [6.45, 7) is 4.10. The average Bonchev–Trinajstić information content (AvgIpc) is 2.36. The van der Waals surface area contributed by atoms with E-state index < -0.39 is 0 Å². The Kier molecular flexibility index (Phi) is 3.78. The molecule has 0 aliphatic heterocycles. The van der Waals surface area contributed by atoms with Crippen LogP contribution in [0.3, 0.4) is 0 Å². The summed E-state index contributed by atoms with van der Waals surface area (Å²) >= 11 is 3.54. The van der Waals surface area contributed by atoms with Crippen LogP contribution in [0.15, 0.2) is 28.9 Å². The Balaban J connectivity index is 2.28. The number of benzene rings is 1. The molecule has 0 aliphatic rings. The standard InChI is InChI=1S/C12H14BrN5/c1-7-5-9(6-8(2)11(7)13)16-10-3-4-15-12(17-10)18-14/h3-6H,14H2,1-2H3,(H2,15,16,17,18). The van der Waals surface area contributed by atoms with Gasteiger partial charge in [0.25, 0.3) is 0 Å². The third-order valence-corrected chi connectivity index (χ3v) is 3.74. The second-order valence-corrected chi connectivity index (χ2v) is 4.75. The van der Waals surface area contributed by atoms with Gasteiger partial charge in [0, 0.05) is 16.4 Å². The Hall–Kier alpha value is -1.66. The van der Waals surface area contributed by atoms with Gasteiger partial charge in [0.05, 0.1) is 0 Å². The van der Waals surface area contributed by atoms with Crippen molar-refractivity contribution in [2.45, 2.75) is 13.8 Å². The van der Waals surface area contributed by atoms with Crippen molar-refractivity contribution in [3.8, 4) is 0 Å². The molecule has 0 unspecified atom stereocenters. The van der Waals surface area contributed by atoms with E-state index in [4.69, 9.17) is 5.84 Å². The average molecular weight is 308 g/mol. The number of aromatic nitrogens is 2. The minimum Gasteiger partial charge on any atom is -0.340 e. The molecule has 6 heteroatoms. The van der Waals surface area contributed by atoms with Crippen LogP contribution in [0, 0.1) is 13.8 Å². The number of nitrogens with two attached hydrogens (primary N) is 1. The number of nitrogen functional groups attached to an aromatic ring is 1. The molecule has 0 radical (unpaired) electrons. The smallest absolute Gasteiger partial charge is 0.239 e. The largest absolute Gasteiger partial charge is 0.340 e. The molecule has 4 N–H and O–H groups in total. The number of nitrogens with one attached hydrogen (secondary N) is 2. The fourth-order valence-corrected chi connectivity index (χ4v) is 1.89. The topological polar surface area (TPSA) is 75.9 Å². The molecule has 0 saturated heterocycles. The Bertz CT molecular complexity index is 547. The number of hydrogen-bond acceptors (Lipinski definition) is 5. The van der Waals surface area contributed by atoms with Crippen LogP contribution in [0.4, 0.5) is 17.5 Å². The van der Waals surface area contributed by atoms with Crippen LogP contribution >= 0.6 is 15.9 Å². The van der Waals surface area contributed by atoms with Gasteiger partial charge in [0.1, 0.15) is 5.82 Å². The summed E-state index contributed by atoms with van der Waals surface area (Å²) in [7, 11) is 0. The molecule has 0 saturated carbocycles. The van der Waals surface area contributed by atoms with Gasteiger partial charge in [-0.3, -0.25) is 5.43 Å². The van der Waals surface area contributed by atoms with E-state index in [1.807, 2.05) is 0 Å². The van der Waals surface area contributed by atoms with Gasteiger partial charge in [-0.2, -0.15) is 4.98 Å². The number of hydrazine groups is 1. The van der Waals surface area contributed by atoms with Gasteiger partial charge < -0.3 is 5.32 Å². The first-order chi connectivity index (χ1) is 8.60. The monoisotopic (exact) mass is 307 g/mol. The van der Waals surface area contributed by atoms with Gasteiger partial charge in [0.2, 0.25) is 5.95 Å². The molecular weight excluding hydrogens is 294 g/mol. The van der Waals surface area contributed by atoms with Gasteiger partial charge in [-0.15, -0.1) is 0 Å². The molecule has 0 atom stereocenters. The summed E-state index contributed by atoms with van der Waals surface area (Å²) in [6.07, 6.45) is 1.64. The summed E-state index contributed by atoms with van der Waals surface area (Å²) in [4.78, 5) is 8.15. The maximum atomic E-state index is 5.27. The molecule has 1 heterocycles. The molecule has 5 nitrogen and oxygen atoms in total. The van der Waals surface area contributed by atoms with Gasteiger partial charge in [0.15, 0.2) is 0 Å². The predicted octanol–water partition coefficient (Wildman–Crippen LogP) is 2.89. The van der Waals surface area contributed by atoms with Gasteiger partial charge in [-0.05, 0) is 43.2 Å². The van der Waals surface area contributed by atoms with Crippen molar-refractivity contribution in [1.29, 1.82) is 0 Å².